The zero-order valence-corrected chi connectivity index (χ0v) is 9.46. The molecular formula is C11H12F4N2O. The highest BCUT2D eigenvalue weighted by Crippen LogP contribution is 2.25. The molecule has 0 fully saturated rings. The lowest BCUT2D eigenvalue weighted by molar-refractivity contribution is -0.170. The molecule has 3 N–H and O–H groups in total. The maximum absolute atomic E-state index is 12.7. The van der Waals surface area contributed by atoms with Gasteiger partial charge in [0.2, 0.25) is 0 Å². The van der Waals surface area contributed by atoms with Crippen LogP contribution in [-0.4, -0.2) is 18.3 Å². The van der Waals surface area contributed by atoms with Crippen molar-refractivity contribution in [2.45, 2.75) is 25.3 Å². The molecule has 3 nitrogen and oxygen atoms in total. The number of benzene rings is 1. The predicted octanol–water partition coefficient (Wildman–Crippen LogP) is 2.35. The monoisotopic (exact) mass is 264 g/mol. The number of nitrogens with one attached hydrogen (secondary N) is 1. The number of amides is 1. The van der Waals surface area contributed by atoms with E-state index in [1.165, 1.54) is 19.1 Å². The maximum atomic E-state index is 12.7. The Hall–Kier alpha value is -1.79. The quantitative estimate of drug-likeness (QED) is 0.648. The minimum absolute atomic E-state index is 0.283. The summed E-state index contributed by atoms with van der Waals surface area (Å²) in [5.41, 5.74) is 6.25. The lowest BCUT2D eigenvalue weighted by Crippen LogP contribution is -2.46. The number of rotatable bonds is 4. The summed E-state index contributed by atoms with van der Waals surface area (Å²) in [5.74, 6) is -6.73. The van der Waals surface area contributed by atoms with Crippen molar-refractivity contribution in [3.63, 3.8) is 0 Å². The highest BCUT2D eigenvalue weighted by Gasteiger charge is 2.49. The maximum Gasteiger partial charge on any atom is 0.383 e. The van der Waals surface area contributed by atoms with E-state index in [9.17, 15) is 22.4 Å². The van der Waals surface area contributed by atoms with Gasteiger partial charge in [-0.3, -0.25) is 4.79 Å². The lowest BCUT2D eigenvalue weighted by atomic mass is 10.1. The topological polar surface area (TPSA) is 55.1 Å². The van der Waals surface area contributed by atoms with Gasteiger partial charge in [-0.25, -0.2) is 8.78 Å². The summed E-state index contributed by atoms with van der Waals surface area (Å²) in [7, 11) is 0. The van der Waals surface area contributed by atoms with E-state index in [0.717, 1.165) is 0 Å². The van der Waals surface area contributed by atoms with E-state index >= 15 is 0 Å². The van der Waals surface area contributed by atoms with E-state index in [4.69, 9.17) is 5.73 Å². The average Bonchev–Trinajstić information content (AvgIpc) is 2.28. The molecule has 100 valence electrons. The van der Waals surface area contributed by atoms with Crippen LogP contribution in [0.3, 0.4) is 0 Å². The van der Waals surface area contributed by atoms with E-state index < -0.39 is 24.3 Å². The molecule has 1 aromatic rings. The molecule has 1 aromatic carbocycles. The van der Waals surface area contributed by atoms with Gasteiger partial charge < -0.3 is 11.1 Å². The number of carbonyl (C=O) groups excluding carboxylic acids is 1. The Bertz CT molecular complexity index is 437. The zero-order chi connectivity index (χ0) is 13.9. The molecular weight excluding hydrogens is 252 g/mol. The smallest absolute Gasteiger partial charge is 0.383 e. The van der Waals surface area contributed by atoms with Crippen LogP contribution in [-0.2, 0) is 4.79 Å². The summed E-state index contributed by atoms with van der Waals surface area (Å²) in [6.07, 6.45) is -4.04. The molecule has 0 heterocycles. The molecule has 7 heteroatoms. The number of para-hydroxylation sites is 1. The SMILES string of the molecule is CC(NC(=O)C(F)(F)C(F)F)c1ccccc1N. The van der Waals surface area contributed by atoms with Gasteiger partial charge in [0.05, 0.1) is 6.04 Å². The Morgan fingerprint density at radius 3 is 2.39 bits per heavy atom. The lowest BCUT2D eigenvalue weighted by Gasteiger charge is -2.20. The predicted molar refractivity (Wildman–Crippen MR) is 58.4 cm³/mol. The van der Waals surface area contributed by atoms with Gasteiger partial charge in [0, 0.05) is 5.69 Å². The number of hydrogen-bond donors (Lipinski definition) is 2. The van der Waals surface area contributed by atoms with Gasteiger partial charge >= 0.3 is 12.3 Å². The molecule has 1 atom stereocenters. The van der Waals surface area contributed by atoms with Gasteiger partial charge in [0.15, 0.2) is 0 Å². The van der Waals surface area contributed by atoms with Gasteiger partial charge in [0.1, 0.15) is 0 Å². The van der Waals surface area contributed by atoms with Crippen molar-refractivity contribution in [2.75, 3.05) is 5.73 Å². The van der Waals surface area contributed by atoms with Gasteiger partial charge in [-0.15, -0.1) is 0 Å². The second-order valence-electron chi connectivity index (χ2n) is 3.75. The minimum atomic E-state index is -4.71. The fourth-order valence-electron chi connectivity index (χ4n) is 1.37. The standard InChI is InChI=1S/C11H12F4N2O/c1-6(7-4-2-3-5-8(7)16)17-10(18)11(14,15)9(12)13/h2-6,9H,16H2,1H3,(H,17,18). The Balaban J connectivity index is 2.81. The molecule has 18 heavy (non-hydrogen) atoms. The van der Waals surface area contributed by atoms with Gasteiger partial charge in [0.25, 0.3) is 5.91 Å². The van der Waals surface area contributed by atoms with Gasteiger partial charge in [-0.1, -0.05) is 18.2 Å². The van der Waals surface area contributed by atoms with Crippen molar-refractivity contribution in [3.05, 3.63) is 29.8 Å². The zero-order valence-electron chi connectivity index (χ0n) is 9.46. The van der Waals surface area contributed by atoms with Crippen LogP contribution in [0, 0.1) is 0 Å². The first-order chi connectivity index (χ1) is 8.26. The first kappa shape index (κ1) is 14.3. The Kier molecular flexibility index (Phi) is 4.15. The van der Waals surface area contributed by atoms with Crippen LogP contribution in [0.2, 0.25) is 0 Å². The Morgan fingerprint density at radius 1 is 1.33 bits per heavy atom. The second kappa shape index (κ2) is 5.24. The molecule has 0 saturated heterocycles. The molecule has 0 spiro atoms. The van der Waals surface area contributed by atoms with Crippen LogP contribution in [0.1, 0.15) is 18.5 Å². The van der Waals surface area contributed by atoms with Gasteiger partial charge in [-0.05, 0) is 18.6 Å². The molecule has 0 aliphatic heterocycles. The number of anilines is 1. The molecule has 0 aliphatic rings. The molecule has 0 bridgehead atoms. The summed E-state index contributed by atoms with van der Waals surface area (Å²) in [6.45, 7) is 1.38. The minimum Gasteiger partial charge on any atom is -0.398 e. The summed E-state index contributed by atoms with van der Waals surface area (Å²) in [5, 5.41) is 1.81. The first-order valence-corrected chi connectivity index (χ1v) is 5.08. The molecule has 1 unspecified atom stereocenters. The Labute approximate surface area is 101 Å². The van der Waals surface area contributed by atoms with Crippen molar-refractivity contribution in [1.29, 1.82) is 0 Å². The van der Waals surface area contributed by atoms with Crippen molar-refractivity contribution in [3.8, 4) is 0 Å². The largest absolute Gasteiger partial charge is 0.398 e. The summed E-state index contributed by atoms with van der Waals surface area (Å²) < 4.78 is 49.4. The van der Waals surface area contributed by atoms with Crippen molar-refractivity contribution in [1.82, 2.24) is 5.32 Å². The fraction of sp³-hybridized carbons (Fsp3) is 0.364. The number of halogens is 4. The van der Waals surface area contributed by atoms with E-state index in [1.807, 2.05) is 5.32 Å². The first-order valence-electron chi connectivity index (χ1n) is 5.08. The van der Waals surface area contributed by atoms with E-state index in [0.29, 0.717) is 5.56 Å². The third-order valence-electron chi connectivity index (χ3n) is 2.39. The molecule has 0 saturated carbocycles. The molecule has 0 aromatic heterocycles. The second-order valence-corrected chi connectivity index (χ2v) is 3.75. The van der Waals surface area contributed by atoms with Crippen LogP contribution in [0.5, 0.6) is 0 Å². The van der Waals surface area contributed by atoms with E-state index in [1.54, 1.807) is 12.1 Å². The average molecular weight is 264 g/mol. The summed E-state index contributed by atoms with van der Waals surface area (Å²) >= 11 is 0. The van der Waals surface area contributed by atoms with Crippen LogP contribution >= 0.6 is 0 Å². The third-order valence-corrected chi connectivity index (χ3v) is 2.39. The van der Waals surface area contributed by atoms with Crippen molar-refractivity contribution in [2.24, 2.45) is 0 Å². The van der Waals surface area contributed by atoms with Crippen LogP contribution in [0.25, 0.3) is 0 Å². The van der Waals surface area contributed by atoms with Crippen molar-refractivity contribution >= 4 is 11.6 Å². The van der Waals surface area contributed by atoms with Crippen LogP contribution < -0.4 is 11.1 Å². The molecule has 0 aliphatic carbocycles. The number of nitrogen functional groups attached to an aromatic ring is 1. The van der Waals surface area contributed by atoms with Crippen LogP contribution in [0.4, 0.5) is 23.2 Å². The number of nitrogens with two attached hydrogens (primary N) is 1. The van der Waals surface area contributed by atoms with E-state index in [2.05, 4.69) is 0 Å². The number of carbonyl (C=O) groups is 1. The fourth-order valence-corrected chi connectivity index (χ4v) is 1.37. The number of hydrogen-bond acceptors (Lipinski definition) is 2. The summed E-state index contributed by atoms with van der Waals surface area (Å²) in [6, 6.07) is 5.37. The third kappa shape index (κ3) is 2.91. The normalized spacial score (nSPS) is 13.4. The highest BCUT2D eigenvalue weighted by molar-refractivity contribution is 5.84. The van der Waals surface area contributed by atoms with Gasteiger partial charge in [-0.2, -0.15) is 8.78 Å². The van der Waals surface area contributed by atoms with Crippen molar-refractivity contribution < 1.29 is 22.4 Å². The van der Waals surface area contributed by atoms with E-state index in [-0.39, 0.29) is 5.69 Å². The molecule has 1 amide bonds. The Morgan fingerprint density at radius 2 is 1.89 bits per heavy atom. The number of alkyl halides is 4. The molecule has 1 rings (SSSR count). The summed E-state index contributed by atoms with van der Waals surface area (Å²) in [4.78, 5) is 11.0. The molecule has 0 radical (unpaired) electrons. The highest BCUT2D eigenvalue weighted by atomic mass is 19.3. The van der Waals surface area contributed by atoms with Crippen LogP contribution in [0.15, 0.2) is 24.3 Å².